The van der Waals surface area contributed by atoms with Gasteiger partial charge in [-0.2, -0.15) is 0 Å². The van der Waals surface area contributed by atoms with Crippen molar-refractivity contribution in [1.29, 1.82) is 0 Å². The number of rotatable bonds is 17. The quantitative estimate of drug-likeness (QED) is 0.183. The molecular formula is C37H53N3O6. The van der Waals surface area contributed by atoms with Crippen LogP contribution in [0.3, 0.4) is 0 Å². The third-order valence-electron chi connectivity index (χ3n) is 8.08. The molecule has 2 N–H and O–H groups in total. The van der Waals surface area contributed by atoms with Crippen LogP contribution in [0.2, 0.25) is 0 Å². The predicted octanol–water partition coefficient (Wildman–Crippen LogP) is 5.15. The van der Waals surface area contributed by atoms with Crippen molar-refractivity contribution in [2.75, 3.05) is 13.2 Å². The van der Waals surface area contributed by atoms with Crippen LogP contribution in [0.25, 0.3) is 0 Å². The highest BCUT2D eigenvalue weighted by Crippen LogP contribution is 2.24. The van der Waals surface area contributed by atoms with Crippen molar-refractivity contribution in [2.45, 2.75) is 122 Å². The summed E-state index contributed by atoms with van der Waals surface area (Å²) in [5.41, 5.74) is 1.25. The minimum atomic E-state index is -0.912. The topological polar surface area (TPSA) is 114 Å². The van der Waals surface area contributed by atoms with E-state index in [0.717, 1.165) is 49.7 Å². The van der Waals surface area contributed by atoms with Gasteiger partial charge in [0, 0.05) is 12.5 Å². The lowest BCUT2D eigenvalue weighted by molar-refractivity contribution is -0.158. The van der Waals surface area contributed by atoms with E-state index in [4.69, 9.17) is 9.47 Å². The number of nitrogens with zero attached hydrogens (tertiary/aromatic N) is 1. The lowest BCUT2D eigenvalue weighted by atomic mass is 10.0. The molecule has 9 nitrogen and oxygen atoms in total. The standard InChI is InChI=1S/C37H53N3O6/c1-6-7-24-45-35(43)31(23-22-28-16-10-8-11-17-28)38-27(2)34(42)40(30-20-14-15-21-30)26-33(41)39-32(36(44)46-37(3,4)5)25-29-18-12-9-13-19-29/h8-13,16-19,27,30-32,38H,6-7,14-15,20-26H2,1-5H3,(H,39,41)/t27-,31?,32-/m0/s1. The lowest BCUT2D eigenvalue weighted by Crippen LogP contribution is -2.56. The number of benzene rings is 2. The van der Waals surface area contributed by atoms with Crippen LogP contribution in [0.5, 0.6) is 0 Å². The summed E-state index contributed by atoms with van der Waals surface area (Å²) in [7, 11) is 0. The third kappa shape index (κ3) is 12.6. The molecular weight excluding hydrogens is 582 g/mol. The number of hydrogen-bond donors (Lipinski definition) is 2. The molecule has 3 atom stereocenters. The van der Waals surface area contributed by atoms with Gasteiger partial charge in [0.05, 0.1) is 19.2 Å². The summed E-state index contributed by atoms with van der Waals surface area (Å²) in [5.74, 6) is -1.60. The van der Waals surface area contributed by atoms with Crippen LogP contribution in [0, 0.1) is 0 Å². The van der Waals surface area contributed by atoms with Crippen molar-refractivity contribution in [1.82, 2.24) is 15.5 Å². The Morgan fingerprint density at radius 3 is 2.09 bits per heavy atom. The molecule has 2 amide bonds. The third-order valence-corrected chi connectivity index (χ3v) is 8.08. The van der Waals surface area contributed by atoms with E-state index >= 15 is 0 Å². The summed E-state index contributed by atoms with van der Waals surface area (Å²) in [6.45, 7) is 9.26. The van der Waals surface area contributed by atoms with E-state index in [1.165, 1.54) is 0 Å². The van der Waals surface area contributed by atoms with E-state index in [0.29, 0.717) is 19.4 Å². The maximum absolute atomic E-state index is 14.0. The first-order valence-electron chi connectivity index (χ1n) is 16.8. The Hall–Kier alpha value is -3.72. The Labute approximate surface area is 274 Å². The number of carbonyl (C=O) groups excluding carboxylic acids is 4. The van der Waals surface area contributed by atoms with Gasteiger partial charge in [-0.15, -0.1) is 0 Å². The number of amides is 2. The molecule has 9 heteroatoms. The Kier molecular flexibility index (Phi) is 14.7. The van der Waals surface area contributed by atoms with Crippen molar-refractivity contribution in [3.63, 3.8) is 0 Å². The Bertz CT molecular complexity index is 1240. The molecule has 3 rings (SSSR count). The van der Waals surface area contributed by atoms with Gasteiger partial charge >= 0.3 is 11.9 Å². The van der Waals surface area contributed by atoms with Gasteiger partial charge in [0.15, 0.2) is 0 Å². The van der Waals surface area contributed by atoms with Gasteiger partial charge in [-0.3, -0.25) is 19.7 Å². The van der Waals surface area contributed by atoms with Crippen molar-refractivity contribution in [2.24, 2.45) is 0 Å². The monoisotopic (exact) mass is 635 g/mol. The molecule has 252 valence electrons. The number of nitrogens with one attached hydrogen (secondary N) is 2. The second-order valence-corrected chi connectivity index (χ2v) is 13.2. The van der Waals surface area contributed by atoms with Crippen LogP contribution in [-0.2, 0) is 41.5 Å². The first kappa shape index (κ1) is 36.7. The normalized spacial score (nSPS) is 15.4. The summed E-state index contributed by atoms with van der Waals surface area (Å²) in [6, 6.07) is 16.9. The summed E-state index contributed by atoms with van der Waals surface area (Å²) in [6.07, 6.45) is 6.57. The number of hydrogen-bond acceptors (Lipinski definition) is 7. The van der Waals surface area contributed by atoms with Gasteiger partial charge < -0.3 is 19.7 Å². The molecule has 46 heavy (non-hydrogen) atoms. The molecule has 0 aromatic heterocycles. The first-order chi connectivity index (χ1) is 22.0. The van der Waals surface area contributed by atoms with Gasteiger partial charge in [-0.1, -0.05) is 86.8 Å². The van der Waals surface area contributed by atoms with Gasteiger partial charge in [0.2, 0.25) is 11.8 Å². The number of unbranched alkanes of at least 4 members (excludes halogenated alkanes) is 1. The lowest BCUT2D eigenvalue weighted by Gasteiger charge is -2.33. The zero-order valence-corrected chi connectivity index (χ0v) is 28.3. The van der Waals surface area contributed by atoms with Crippen molar-refractivity contribution in [3.05, 3.63) is 71.8 Å². The maximum atomic E-state index is 14.0. The Balaban J connectivity index is 1.73. The summed E-state index contributed by atoms with van der Waals surface area (Å²) in [4.78, 5) is 55.4. The Morgan fingerprint density at radius 2 is 1.50 bits per heavy atom. The van der Waals surface area contributed by atoms with E-state index in [1.807, 2.05) is 67.6 Å². The van der Waals surface area contributed by atoms with Crippen molar-refractivity contribution < 1.29 is 28.7 Å². The zero-order valence-electron chi connectivity index (χ0n) is 28.3. The second-order valence-electron chi connectivity index (χ2n) is 13.2. The molecule has 1 fully saturated rings. The molecule has 1 aliphatic rings. The van der Waals surface area contributed by atoms with Crippen LogP contribution in [0.4, 0.5) is 0 Å². The minimum Gasteiger partial charge on any atom is -0.465 e. The van der Waals surface area contributed by atoms with Crippen LogP contribution >= 0.6 is 0 Å². The highest BCUT2D eigenvalue weighted by molar-refractivity contribution is 5.90. The number of esters is 2. The van der Waals surface area contributed by atoms with E-state index in [2.05, 4.69) is 10.6 Å². The van der Waals surface area contributed by atoms with Gasteiger partial charge in [0.1, 0.15) is 17.7 Å². The largest absolute Gasteiger partial charge is 0.465 e. The fraction of sp³-hybridized carbons (Fsp3) is 0.568. The first-order valence-corrected chi connectivity index (χ1v) is 16.8. The predicted molar refractivity (Wildman–Crippen MR) is 179 cm³/mol. The average molecular weight is 636 g/mol. The fourth-order valence-electron chi connectivity index (χ4n) is 5.68. The molecule has 1 aliphatic carbocycles. The molecule has 0 bridgehead atoms. The van der Waals surface area contributed by atoms with Crippen LogP contribution in [-0.4, -0.2) is 71.6 Å². The molecule has 2 aromatic rings. The van der Waals surface area contributed by atoms with E-state index in [-0.39, 0.29) is 30.9 Å². The fourth-order valence-corrected chi connectivity index (χ4v) is 5.68. The molecule has 0 saturated heterocycles. The smallest absolute Gasteiger partial charge is 0.329 e. The van der Waals surface area contributed by atoms with E-state index in [9.17, 15) is 19.2 Å². The number of ether oxygens (including phenoxy) is 2. The van der Waals surface area contributed by atoms with Gasteiger partial charge in [-0.25, -0.2) is 4.79 Å². The zero-order chi connectivity index (χ0) is 33.5. The SMILES string of the molecule is CCCCOC(=O)C(CCc1ccccc1)N[C@@H](C)C(=O)N(CC(=O)N[C@@H](Cc1ccccc1)C(=O)OC(C)(C)C)C1CCCC1. The maximum Gasteiger partial charge on any atom is 0.329 e. The van der Waals surface area contributed by atoms with Gasteiger partial charge in [-0.05, 0) is 70.9 Å². The number of carbonyl (C=O) groups is 4. The van der Waals surface area contributed by atoms with Crippen LogP contribution in [0.15, 0.2) is 60.7 Å². The summed E-state index contributed by atoms with van der Waals surface area (Å²) < 4.78 is 11.2. The van der Waals surface area contributed by atoms with Crippen molar-refractivity contribution >= 4 is 23.8 Å². The molecule has 0 radical (unpaired) electrons. The van der Waals surface area contributed by atoms with Crippen LogP contribution < -0.4 is 10.6 Å². The molecule has 1 saturated carbocycles. The van der Waals surface area contributed by atoms with Crippen LogP contribution in [0.1, 0.15) is 90.7 Å². The average Bonchev–Trinajstić information content (AvgIpc) is 3.56. The van der Waals surface area contributed by atoms with Crippen molar-refractivity contribution in [3.8, 4) is 0 Å². The minimum absolute atomic E-state index is 0.101. The van der Waals surface area contributed by atoms with Gasteiger partial charge in [0.25, 0.3) is 0 Å². The highest BCUT2D eigenvalue weighted by atomic mass is 16.6. The second kappa shape index (κ2) is 18.4. The molecule has 1 unspecified atom stereocenters. The molecule has 2 aromatic carbocycles. The molecule has 0 spiro atoms. The molecule has 0 aliphatic heterocycles. The van der Waals surface area contributed by atoms with E-state index < -0.39 is 35.6 Å². The van der Waals surface area contributed by atoms with E-state index in [1.54, 1.807) is 32.6 Å². The molecule has 0 heterocycles. The number of aryl methyl sites for hydroxylation is 1. The summed E-state index contributed by atoms with van der Waals surface area (Å²) in [5, 5.41) is 6.10. The Morgan fingerprint density at radius 1 is 0.891 bits per heavy atom. The highest BCUT2D eigenvalue weighted by Gasteiger charge is 2.34. The summed E-state index contributed by atoms with van der Waals surface area (Å²) >= 11 is 0.